The van der Waals surface area contributed by atoms with E-state index in [9.17, 15) is 8.42 Å². The van der Waals surface area contributed by atoms with Gasteiger partial charge in [0.1, 0.15) is 6.07 Å². The molecular weight excluding hydrogens is 276 g/mol. The van der Waals surface area contributed by atoms with Gasteiger partial charge in [0.05, 0.1) is 10.5 Å². The first kappa shape index (κ1) is 15.0. The third-order valence-corrected chi connectivity index (χ3v) is 5.43. The lowest BCUT2D eigenvalue weighted by molar-refractivity contribution is 0.0620. The molecule has 1 fully saturated rings. The summed E-state index contributed by atoms with van der Waals surface area (Å²) in [5.74, 6) is 0.317. The minimum Gasteiger partial charge on any atom is -0.381 e. The van der Waals surface area contributed by atoms with E-state index in [1.807, 2.05) is 6.07 Å². The molecule has 0 unspecified atom stereocenters. The molecule has 0 saturated carbocycles. The lowest BCUT2D eigenvalue weighted by Gasteiger charge is -2.26. The molecule has 0 amide bonds. The minimum absolute atomic E-state index is 0.0806. The molecule has 0 spiro atoms. The molecule has 1 aliphatic rings. The van der Waals surface area contributed by atoms with E-state index in [2.05, 4.69) is 0 Å². The van der Waals surface area contributed by atoms with E-state index in [0.717, 1.165) is 12.8 Å². The number of hydrogen-bond acceptors (Lipinski definition) is 4. The van der Waals surface area contributed by atoms with Gasteiger partial charge in [-0.15, -0.1) is 0 Å². The van der Waals surface area contributed by atoms with Crippen molar-refractivity contribution >= 4 is 10.0 Å². The van der Waals surface area contributed by atoms with Gasteiger partial charge in [0, 0.05) is 26.8 Å². The van der Waals surface area contributed by atoms with Crippen molar-refractivity contribution in [3.05, 3.63) is 29.8 Å². The molecule has 0 radical (unpaired) electrons. The second-order valence-electron chi connectivity index (χ2n) is 4.95. The van der Waals surface area contributed by atoms with Crippen LogP contribution in [0.15, 0.2) is 29.2 Å². The third kappa shape index (κ3) is 3.18. The van der Waals surface area contributed by atoms with Gasteiger partial charge in [0.25, 0.3) is 0 Å². The molecular formula is C14H18N2O3S. The van der Waals surface area contributed by atoms with Crippen molar-refractivity contribution in [2.75, 3.05) is 26.8 Å². The summed E-state index contributed by atoms with van der Waals surface area (Å²) in [5.41, 5.74) is 0.186. The molecule has 1 aromatic rings. The normalized spacial score (nSPS) is 17.1. The SMILES string of the molecule is CN(CC1CCOCC1)S(=O)(=O)c1ccccc1C#N. The molecule has 0 bridgehead atoms. The van der Waals surface area contributed by atoms with Gasteiger partial charge in [-0.1, -0.05) is 12.1 Å². The van der Waals surface area contributed by atoms with Crippen LogP contribution in [0.1, 0.15) is 18.4 Å². The van der Waals surface area contributed by atoms with Gasteiger partial charge in [-0.2, -0.15) is 5.26 Å². The Hall–Kier alpha value is -1.42. The molecule has 0 atom stereocenters. The maximum absolute atomic E-state index is 12.5. The van der Waals surface area contributed by atoms with Crippen LogP contribution < -0.4 is 0 Å². The number of rotatable bonds is 4. The van der Waals surface area contributed by atoms with Gasteiger partial charge >= 0.3 is 0 Å². The van der Waals surface area contributed by atoms with E-state index in [-0.39, 0.29) is 10.5 Å². The Balaban J connectivity index is 2.19. The van der Waals surface area contributed by atoms with E-state index >= 15 is 0 Å². The van der Waals surface area contributed by atoms with E-state index in [4.69, 9.17) is 10.00 Å². The summed E-state index contributed by atoms with van der Waals surface area (Å²) in [5, 5.41) is 9.04. The Bertz CT molecular complexity index is 601. The van der Waals surface area contributed by atoms with Crippen molar-refractivity contribution in [1.82, 2.24) is 4.31 Å². The maximum atomic E-state index is 12.5. The summed E-state index contributed by atoms with van der Waals surface area (Å²) in [6, 6.07) is 8.24. The summed E-state index contributed by atoms with van der Waals surface area (Å²) in [7, 11) is -2.04. The van der Waals surface area contributed by atoms with E-state index in [1.165, 1.54) is 16.4 Å². The van der Waals surface area contributed by atoms with Crippen LogP contribution in [0.5, 0.6) is 0 Å². The zero-order valence-corrected chi connectivity index (χ0v) is 12.3. The smallest absolute Gasteiger partial charge is 0.244 e. The molecule has 1 aliphatic heterocycles. The lowest BCUT2D eigenvalue weighted by Crippen LogP contribution is -2.34. The summed E-state index contributed by atoms with van der Waals surface area (Å²) in [4.78, 5) is 0.0806. The molecule has 2 rings (SSSR count). The predicted octanol–water partition coefficient (Wildman–Crippen LogP) is 1.61. The van der Waals surface area contributed by atoms with Gasteiger partial charge in [0.2, 0.25) is 10.0 Å². The molecule has 6 heteroatoms. The quantitative estimate of drug-likeness (QED) is 0.846. The average Bonchev–Trinajstić information content (AvgIpc) is 2.48. The highest BCUT2D eigenvalue weighted by atomic mass is 32.2. The van der Waals surface area contributed by atoms with E-state index in [1.54, 1.807) is 19.2 Å². The highest BCUT2D eigenvalue weighted by Crippen LogP contribution is 2.22. The molecule has 0 aliphatic carbocycles. The Morgan fingerprint density at radius 3 is 2.65 bits per heavy atom. The van der Waals surface area contributed by atoms with Crippen LogP contribution in [-0.4, -0.2) is 39.5 Å². The number of sulfonamides is 1. The van der Waals surface area contributed by atoms with Crippen LogP contribution in [0.2, 0.25) is 0 Å². The van der Waals surface area contributed by atoms with Gasteiger partial charge < -0.3 is 4.74 Å². The highest BCUT2D eigenvalue weighted by Gasteiger charge is 2.26. The van der Waals surface area contributed by atoms with Crippen LogP contribution in [0, 0.1) is 17.2 Å². The number of hydrogen-bond donors (Lipinski definition) is 0. The number of nitriles is 1. The summed E-state index contributed by atoms with van der Waals surface area (Å²) in [6.45, 7) is 1.84. The van der Waals surface area contributed by atoms with E-state index in [0.29, 0.717) is 25.7 Å². The van der Waals surface area contributed by atoms with Crippen molar-refractivity contribution in [1.29, 1.82) is 5.26 Å². The number of benzene rings is 1. The molecule has 1 aromatic carbocycles. The molecule has 1 heterocycles. The fraction of sp³-hybridized carbons (Fsp3) is 0.500. The maximum Gasteiger partial charge on any atom is 0.244 e. The van der Waals surface area contributed by atoms with Gasteiger partial charge in [-0.05, 0) is 30.9 Å². The first-order valence-corrected chi connectivity index (χ1v) is 8.03. The van der Waals surface area contributed by atoms with Crippen molar-refractivity contribution in [3.8, 4) is 6.07 Å². The zero-order chi connectivity index (χ0) is 14.6. The largest absolute Gasteiger partial charge is 0.381 e. The van der Waals surface area contributed by atoms with Crippen LogP contribution in [0.4, 0.5) is 0 Å². The fourth-order valence-electron chi connectivity index (χ4n) is 2.34. The third-order valence-electron chi connectivity index (χ3n) is 3.55. The Morgan fingerprint density at radius 1 is 1.35 bits per heavy atom. The Labute approximate surface area is 119 Å². The van der Waals surface area contributed by atoms with Crippen LogP contribution in [0.3, 0.4) is 0 Å². The molecule has 5 nitrogen and oxygen atoms in total. The number of nitrogens with zero attached hydrogens (tertiary/aromatic N) is 2. The van der Waals surface area contributed by atoms with Crippen LogP contribution >= 0.6 is 0 Å². The van der Waals surface area contributed by atoms with E-state index < -0.39 is 10.0 Å². The monoisotopic (exact) mass is 294 g/mol. The van der Waals surface area contributed by atoms with Crippen LogP contribution in [0.25, 0.3) is 0 Å². The van der Waals surface area contributed by atoms with Crippen LogP contribution in [-0.2, 0) is 14.8 Å². The number of ether oxygens (including phenoxy) is 1. The summed E-state index contributed by atoms with van der Waals surface area (Å²) < 4.78 is 31.7. The molecule has 108 valence electrons. The standard InChI is InChI=1S/C14H18N2O3S/c1-16(11-12-6-8-19-9-7-12)20(17,18)14-5-3-2-4-13(14)10-15/h2-5,12H,6-9,11H2,1H3. The molecule has 20 heavy (non-hydrogen) atoms. The van der Waals surface area contributed by atoms with Gasteiger partial charge in [-0.25, -0.2) is 12.7 Å². The molecule has 1 saturated heterocycles. The van der Waals surface area contributed by atoms with Gasteiger partial charge in [-0.3, -0.25) is 0 Å². The second-order valence-corrected chi connectivity index (χ2v) is 6.96. The van der Waals surface area contributed by atoms with Crippen molar-refractivity contribution in [2.24, 2.45) is 5.92 Å². The molecule has 0 aromatic heterocycles. The topological polar surface area (TPSA) is 70.4 Å². The first-order valence-electron chi connectivity index (χ1n) is 6.59. The Morgan fingerprint density at radius 2 is 2.00 bits per heavy atom. The van der Waals surface area contributed by atoms with Crippen molar-refractivity contribution in [2.45, 2.75) is 17.7 Å². The summed E-state index contributed by atoms with van der Waals surface area (Å²) in [6.07, 6.45) is 1.75. The average molecular weight is 294 g/mol. The van der Waals surface area contributed by atoms with Crippen molar-refractivity contribution < 1.29 is 13.2 Å². The van der Waals surface area contributed by atoms with Crippen molar-refractivity contribution in [3.63, 3.8) is 0 Å². The zero-order valence-electron chi connectivity index (χ0n) is 11.4. The lowest BCUT2D eigenvalue weighted by atomic mass is 10.0. The molecule has 0 N–H and O–H groups in total. The Kier molecular flexibility index (Phi) is 4.76. The second kappa shape index (κ2) is 6.35. The van der Waals surface area contributed by atoms with Gasteiger partial charge in [0.15, 0.2) is 0 Å². The first-order chi connectivity index (χ1) is 9.55. The predicted molar refractivity (Wildman–Crippen MR) is 74.5 cm³/mol. The highest BCUT2D eigenvalue weighted by molar-refractivity contribution is 7.89. The minimum atomic E-state index is -3.61. The summed E-state index contributed by atoms with van der Waals surface area (Å²) >= 11 is 0. The fourth-order valence-corrected chi connectivity index (χ4v) is 3.73.